The van der Waals surface area contributed by atoms with Gasteiger partial charge in [-0.25, -0.2) is 4.79 Å². The third-order valence-corrected chi connectivity index (χ3v) is 2.04. The fraction of sp³-hybridized carbons (Fsp3) is 0.545. The molecular weight excluding hydrogens is 238 g/mol. The topological polar surface area (TPSA) is 82.6 Å². The summed E-state index contributed by atoms with van der Waals surface area (Å²) < 4.78 is 14.6. The largest absolute Gasteiger partial charge is 0.464 e. The van der Waals surface area contributed by atoms with Gasteiger partial charge in [0.25, 0.3) is 0 Å². The first kappa shape index (κ1) is 14.3. The number of rotatable bonds is 8. The molecule has 0 bridgehead atoms. The second-order valence-corrected chi connectivity index (χ2v) is 3.33. The zero-order valence-corrected chi connectivity index (χ0v) is 10.5. The van der Waals surface area contributed by atoms with E-state index in [1.54, 1.807) is 19.2 Å². The maximum atomic E-state index is 11.1. The molecule has 0 aromatic carbocycles. The Morgan fingerprint density at radius 1 is 1.22 bits per heavy atom. The Balaban J connectivity index is 2.25. The van der Waals surface area contributed by atoms with Gasteiger partial charge in [-0.05, 0) is 12.1 Å². The van der Waals surface area contributed by atoms with Gasteiger partial charge in [-0.2, -0.15) is 0 Å². The van der Waals surface area contributed by atoms with Crippen LogP contribution >= 0.6 is 0 Å². The van der Waals surface area contributed by atoms with Crippen molar-refractivity contribution < 1.29 is 19.0 Å². The number of carbonyl (C=O) groups excluding carboxylic acids is 1. The monoisotopic (exact) mass is 255 g/mol. The molecule has 0 radical (unpaired) electrons. The average molecular weight is 255 g/mol. The van der Waals surface area contributed by atoms with E-state index in [1.165, 1.54) is 7.11 Å². The van der Waals surface area contributed by atoms with Crippen molar-refractivity contribution in [1.82, 2.24) is 10.2 Å². The van der Waals surface area contributed by atoms with Gasteiger partial charge in [-0.15, -0.1) is 10.2 Å². The van der Waals surface area contributed by atoms with Gasteiger partial charge in [0.1, 0.15) is 5.82 Å². The summed E-state index contributed by atoms with van der Waals surface area (Å²) in [4.78, 5) is 11.1. The van der Waals surface area contributed by atoms with Gasteiger partial charge in [-0.3, -0.25) is 0 Å². The van der Waals surface area contributed by atoms with E-state index in [0.29, 0.717) is 32.2 Å². The van der Waals surface area contributed by atoms with Crippen molar-refractivity contribution in [1.29, 1.82) is 0 Å². The summed E-state index contributed by atoms with van der Waals surface area (Å²) in [6, 6.07) is 3.21. The molecule has 1 N–H and O–H groups in total. The smallest absolute Gasteiger partial charge is 0.358 e. The molecule has 0 fully saturated rings. The summed E-state index contributed by atoms with van der Waals surface area (Å²) in [6.45, 7) is 2.29. The predicted molar refractivity (Wildman–Crippen MR) is 64.6 cm³/mol. The van der Waals surface area contributed by atoms with Crippen LogP contribution < -0.4 is 5.32 Å². The minimum absolute atomic E-state index is 0.180. The number of esters is 1. The third kappa shape index (κ3) is 5.07. The highest BCUT2D eigenvalue weighted by atomic mass is 16.5. The molecule has 0 aliphatic carbocycles. The van der Waals surface area contributed by atoms with Crippen LogP contribution in [0.3, 0.4) is 0 Å². The normalized spacial score (nSPS) is 10.1. The van der Waals surface area contributed by atoms with Crippen LogP contribution in [0.25, 0.3) is 0 Å². The maximum Gasteiger partial charge on any atom is 0.358 e. The Kier molecular flexibility index (Phi) is 6.67. The van der Waals surface area contributed by atoms with Crippen LogP contribution in [0, 0.1) is 0 Å². The number of anilines is 1. The van der Waals surface area contributed by atoms with E-state index in [-0.39, 0.29) is 5.69 Å². The number of carbonyl (C=O) groups is 1. The van der Waals surface area contributed by atoms with E-state index in [2.05, 4.69) is 20.3 Å². The summed E-state index contributed by atoms with van der Waals surface area (Å²) in [5, 5.41) is 10.6. The predicted octanol–water partition coefficient (Wildman–Crippen LogP) is 0.338. The number of hydrogen-bond donors (Lipinski definition) is 1. The molecule has 1 aromatic heterocycles. The lowest BCUT2D eigenvalue weighted by molar-refractivity contribution is 0.0592. The Hall–Kier alpha value is -1.73. The maximum absolute atomic E-state index is 11.1. The molecule has 0 saturated heterocycles. The molecule has 0 aliphatic rings. The molecule has 1 rings (SSSR count). The lowest BCUT2D eigenvalue weighted by atomic mass is 10.4. The van der Waals surface area contributed by atoms with Crippen molar-refractivity contribution in [2.75, 3.05) is 45.9 Å². The molecule has 0 atom stereocenters. The molecule has 0 unspecified atom stereocenters. The quantitative estimate of drug-likeness (QED) is 0.529. The standard InChI is InChI=1S/C11H17N3O4/c1-16-7-8-18-6-5-12-10-4-3-9(13-14-10)11(15)17-2/h3-4H,5-8H2,1-2H3,(H,12,14). The molecule has 1 aromatic rings. The molecule has 0 spiro atoms. The Morgan fingerprint density at radius 2 is 2.06 bits per heavy atom. The molecule has 1 heterocycles. The van der Waals surface area contributed by atoms with Crippen LogP contribution in [-0.2, 0) is 14.2 Å². The van der Waals surface area contributed by atoms with E-state index in [9.17, 15) is 4.79 Å². The zero-order chi connectivity index (χ0) is 13.2. The van der Waals surface area contributed by atoms with Crippen molar-refractivity contribution in [3.8, 4) is 0 Å². The van der Waals surface area contributed by atoms with Crippen LogP contribution in [0.2, 0.25) is 0 Å². The van der Waals surface area contributed by atoms with E-state index in [1.807, 2.05) is 0 Å². The second-order valence-electron chi connectivity index (χ2n) is 3.33. The minimum Gasteiger partial charge on any atom is -0.464 e. The molecule has 7 heteroatoms. The molecular formula is C11H17N3O4. The number of methoxy groups -OCH3 is 2. The number of nitrogens with one attached hydrogen (secondary N) is 1. The molecule has 0 amide bonds. The minimum atomic E-state index is -0.503. The first-order chi connectivity index (χ1) is 8.77. The number of ether oxygens (including phenoxy) is 3. The number of nitrogens with zero attached hydrogens (tertiary/aromatic N) is 2. The van der Waals surface area contributed by atoms with Gasteiger partial charge in [0, 0.05) is 13.7 Å². The van der Waals surface area contributed by atoms with E-state index < -0.39 is 5.97 Å². The fourth-order valence-corrected chi connectivity index (χ4v) is 1.14. The highest BCUT2D eigenvalue weighted by Gasteiger charge is 2.06. The van der Waals surface area contributed by atoms with Gasteiger partial charge in [-0.1, -0.05) is 0 Å². The van der Waals surface area contributed by atoms with Crippen molar-refractivity contribution in [3.63, 3.8) is 0 Å². The van der Waals surface area contributed by atoms with Crippen LogP contribution in [0.15, 0.2) is 12.1 Å². The lowest BCUT2D eigenvalue weighted by Crippen LogP contribution is -2.13. The van der Waals surface area contributed by atoms with Crippen molar-refractivity contribution in [2.24, 2.45) is 0 Å². The van der Waals surface area contributed by atoms with E-state index in [0.717, 1.165) is 0 Å². The summed E-state index contributed by atoms with van der Waals surface area (Å²) in [6.07, 6.45) is 0. The third-order valence-electron chi connectivity index (χ3n) is 2.04. The lowest BCUT2D eigenvalue weighted by Gasteiger charge is -2.06. The van der Waals surface area contributed by atoms with E-state index in [4.69, 9.17) is 9.47 Å². The highest BCUT2D eigenvalue weighted by Crippen LogP contribution is 2.02. The van der Waals surface area contributed by atoms with Crippen LogP contribution in [0.1, 0.15) is 10.5 Å². The second kappa shape index (κ2) is 8.37. The summed E-state index contributed by atoms with van der Waals surface area (Å²) in [5.74, 6) is 0.0787. The molecule has 100 valence electrons. The van der Waals surface area contributed by atoms with Gasteiger partial charge in [0.2, 0.25) is 0 Å². The van der Waals surface area contributed by atoms with Crippen molar-refractivity contribution in [2.45, 2.75) is 0 Å². The number of aromatic nitrogens is 2. The van der Waals surface area contributed by atoms with Gasteiger partial charge in [0.05, 0.1) is 26.9 Å². The highest BCUT2D eigenvalue weighted by molar-refractivity contribution is 5.86. The summed E-state index contributed by atoms with van der Waals surface area (Å²) in [7, 11) is 2.92. The zero-order valence-electron chi connectivity index (χ0n) is 10.5. The SMILES string of the molecule is COCCOCCNc1ccc(C(=O)OC)nn1. The first-order valence-corrected chi connectivity index (χ1v) is 5.50. The Morgan fingerprint density at radius 3 is 2.67 bits per heavy atom. The summed E-state index contributed by atoms with van der Waals surface area (Å²) in [5.41, 5.74) is 0.180. The molecule has 0 saturated carbocycles. The Labute approximate surface area is 105 Å². The molecule has 18 heavy (non-hydrogen) atoms. The molecule has 0 aliphatic heterocycles. The van der Waals surface area contributed by atoms with Crippen molar-refractivity contribution >= 4 is 11.8 Å². The van der Waals surface area contributed by atoms with Crippen LogP contribution in [-0.4, -0.2) is 56.8 Å². The van der Waals surface area contributed by atoms with Gasteiger partial charge >= 0.3 is 5.97 Å². The van der Waals surface area contributed by atoms with Gasteiger partial charge in [0.15, 0.2) is 5.69 Å². The van der Waals surface area contributed by atoms with E-state index >= 15 is 0 Å². The van der Waals surface area contributed by atoms with Crippen LogP contribution in [0.5, 0.6) is 0 Å². The average Bonchev–Trinajstić information content (AvgIpc) is 2.42. The van der Waals surface area contributed by atoms with Gasteiger partial charge < -0.3 is 19.5 Å². The molecule has 7 nitrogen and oxygen atoms in total. The summed E-state index contributed by atoms with van der Waals surface area (Å²) >= 11 is 0. The fourth-order valence-electron chi connectivity index (χ4n) is 1.14. The van der Waals surface area contributed by atoms with Crippen LogP contribution in [0.4, 0.5) is 5.82 Å². The number of hydrogen-bond acceptors (Lipinski definition) is 7. The Bertz CT molecular complexity index is 356. The first-order valence-electron chi connectivity index (χ1n) is 5.50. The van der Waals surface area contributed by atoms with Crippen molar-refractivity contribution in [3.05, 3.63) is 17.8 Å².